The molecule has 1 aliphatic carbocycles. The van der Waals surface area contributed by atoms with Crippen molar-refractivity contribution in [3.63, 3.8) is 0 Å². The van der Waals surface area contributed by atoms with E-state index in [0.29, 0.717) is 5.92 Å². The molecule has 0 unspecified atom stereocenters. The van der Waals surface area contributed by atoms with Crippen LogP contribution in [0.25, 0.3) is 0 Å². The molecule has 0 bridgehead atoms. The van der Waals surface area contributed by atoms with Crippen LogP contribution in [0.4, 0.5) is 0 Å². The second-order valence-corrected chi connectivity index (χ2v) is 24.2. The highest BCUT2D eigenvalue weighted by Crippen LogP contribution is 2.35. The van der Waals surface area contributed by atoms with E-state index < -0.39 is 8.07 Å². The molecule has 0 saturated carbocycles. The van der Waals surface area contributed by atoms with Crippen molar-refractivity contribution in [2.75, 3.05) is 0 Å². The number of allylic oxidation sites excluding steroid dienone is 4. The summed E-state index contributed by atoms with van der Waals surface area (Å²) in [5, 5.41) is 6.76. The molecule has 0 radical (unpaired) electrons. The van der Waals surface area contributed by atoms with Crippen molar-refractivity contribution >= 4 is 23.6 Å². The van der Waals surface area contributed by atoms with E-state index in [9.17, 15) is 0 Å². The maximum absolute atomic E-state index is 2.84. The first kappa shape index (κ1) is 53.0. The van der Waals surface area contributed by atoms with E-state index in [1.165, 1.54) is 193 Å². The predicted molar refractivity (Wildman–Crippen MR) is 287 cm³/mol. The summed E-state index contributed by atoms with van der Waals surface area (Å²) in [6, 6.07) is 24.8. The minimum absolute atomic E-state index is 0.493. The van der Waals surface area contributed by atoms with Crippen LogP contribution < -0.4 is 15.6 Å². The lowest BCUT2D eigenvalue weighted by Gasteiger charge is -2.39. The fourth-order valence-corrected chi connectivity index (χ4v) is 16.3. The zero-order chi connectivity index (χ0) is 45.1. The summed E-state index contributed by atoms with van der Waals surface area (Å²) >= 11 is 0. The van der Waals surface area contributed by atoms with Crippen LogP contribution in [-0.2, 0) is 38.5 Å². The molecule has 0 aromatic heterocycles. The first-order valence-corrected chi connectivity index (χ1v) is 29.6. The molecule has 0 heterocycles. The molecule has 3 aromatic rings. The molecule has 0 nitrogen and oxygen atoms in total. The average Bonchev–Trinajstić information content (AvgIpc) is 3.78. The Labute approximate surface area is 393 Å². The largest absolute Gasteiger partial charge is 0.179 e. The molecule has 3 aromatic carbocycles. The van der Waals surface area contributed by atoms with Gasteiger partial charge in [-0.25, -0.2) is 0 Å². The molecule has 63 heavy (non-hydrogen) atoms. The highest BCUT2D eigenvalue weighted by atomic mass is 28.3. The lowest BCUT2D eigenvalue weighted by atomic mass is 10.00. The van der Waals surface area contributed by atoms with Crippen LogP contribution in [0.1, 0.15) is 249 Å². The Bertz CT molecular complexity index is 1500. The second-order valence-electron chi connectivity index (χ2n) is 20.4. The Morgan fingerprint density at radius 1 is 0.333 bits per heavy atom. The van der Waals surface area contributed by atoms with Crippen molar-refractivity contribution < 1.29 is 0 Å². The van der Waals surface area contributed by atoms with Gasteiger partial charge < -0.3 is 0 Å². The van der Waals surface area contributed by atoms with Crippen molar-refractivity contribution in [2.24, 2.45) is 5.92 Å². The van der Waals surface area contributed by atoms with Gasteiger partial charge in [0.05, 0.1) is 0 Å². The molecule has 0 N–H and O–H groups in total. The van der Waals surface area contributed by atoms with Crippen molar-refractivity contribution in [3.05, 3.63) is 111 Å². The molecule has 0 spiro atoms. The summed E-state index contributed by atoms with van der Waals surface area (Å²) in [4.78, 5) is 0. The van der Waals surface area contributed by atoms with E-state index in [4.69, 9.17) is 0 Å². The summed E-state index contributed by atoms with van der Waals surface area (Å²) < 4.78 is 0. The van der Waals surface area contributed by atoms with E-state index >= 15 is 0 Å². The van der Waals surface area contributed by atoms with Gasteiger partial charge in [0.2, 0.25) is 0 Å². The third-order valence-corrected chi connectivity index (χ3v) is 19.1. The van der Waals surface area contributed by atoms with Crippen molar-refractivity contribution in [1.82, 2.24) is 0 Å². The number of benzene rings is 3. The quantitative estimate of drug-likeness (QED) is 0.0314. The molecule has 4 rings (SSSR count). The number of rotatable bonds is 35. The Hall–Kier alpha value is -2.64. The molecular formula is C62H98Si. The average molecular weight is 872 g/mol. The zero-order valence-corrected chi connectivity index (χ0v) is 43.8. The van der Waals surface area contributed by atoms with E-state index in [1.807, 2.05) is 0 Å². The van der Waals surface area contributed by atoms with Crippen LogP contribution in [0, 0.1) is 5.92 Å². The van der Waals surface area contributed by atoms with Crippen LogP contribution in [0.5, 0.6) is 0 Å². The smallest absolute Gasteiger partial charge is 0.0801 e. The normalized spacial score (nSPS) is 13.0. The Morgan fingerprint density at radius 2 is 0.587 bits per heavy atom. The van der Waals surface area contributed by atoms with Crippen LogP contribution in [0.3, 0.4) is 0 Å². The topological polar surface area (TPSA) is 0 Å². The lowest BCUT2D eigenvalue weighted by molar-refractivity contribution is 0.661. The van der Waals surface area contributed by atoms with Crippen molar-refractivity contribution in [2.45, 2.75) is 254 Å². The number of unbranched alkanes of at least 4 members (excludes halogenated alkanes) is 18. The van der Waals surface area contributed by atoms with Crippen LogP contribution in [0.2, 0.25) is 0 Å². The van der Waals surface area contributed by atoms with Crippen LogP contribution in [0.15, 0.2) is 77.5 Å². The summed E-state index contributed by atoms with van der Waals surface area (Å²) in [5.74, 6) is 0.493. The molecule has 0 aliphatic heterocycles. The fraction of sp³-hybridized carbons (Fsp3) is 0.645. The minimum Gasteiger partial charge on any atom is -0.0801 e. The molecule has 0 atom stereocenters. The van der Waals surface area contributed by atoms with E-state index in [0.717, 1.165) is 6.42 Å². The molecule has 0 saturated heterocycles. The maximum Gasteiger partial charge on any atom is 0.179 e. The highest BCUT2D eigenvalue weighted by Gasteiger charge is 2.46. The molecular weight excluding hydrogens is 773 g/mol. The van der Waals surface area contributed by atoms with Crippen molar-refractivity contribution in [1.29, 1.82) is 0 Å². The summed E-state index contributed by atoms with van der Waals surface area (Å²) in [5.41, 5.74) is 11.2. The summed E-state index contributed by atoms with van der Waals surface area (Å²) in [6.07, 6.45) is 45.3. The number of hydrogen-bond acceptors (Lipinski definition) is 0. The van der Waals surface area contributed by atoms with Gasteiger partial charge in [-0.15, -0.1) is 0 Å². The Kier molecular flexibility index (Phi) is 25.7. The van der Waals surface area contributed by atoms with Gasteiger partial charge in [0, 0.05) is 0 Å². The van der Waals surface area contributed by atoms with Gasteiger partial charge in [0.25, 0.3) is 0 Å². The Balaban J connectivity index is 2.15. The molecule has 1 heteroatoms. The fourth-order valence-electron chi connectivity index (χ4n) is 10.8. The standard InChI is InChI=1S/C62H98Si/c1-9-15-21-27-34-52-42-53(35-28-22-16-10-2)46-58(45-52)63(62-41-33-40-61(62)51(7)8,59-47-54(36-29-23-17-11-3)43-55(48-59)37-30-24-18-12-4)60-49-56(38-31-25-19-13-5)44-57(50-60)39-32-26-20-14-6/h40-51H,9-39H2,1-8H3. The van der Waals surface area contributed by atoms with Gasteiger partial charge in [0.15, 0.2) is 8.07 Å². The minimum atomic E-state index is -2.84. The monoisotopic (exact) mass is 871 g/mol. The van der Waals surface area contributed by atoms with Gasteiger partial charge in [-0.3, -0.25) is 0 Å². The Morgan fingerprint density at radius 3 is 0.810 bits per heavy atom. The third kappa shape index (κ3) is 16.9. The molecule has 1 aliphatic rings. The maximum atomic E-state index is 2.80. The molecule has 0 fully saturated rings. The van der Waals surface area contributed by atoms with E-state index in [2.05, 4.69) is 122 Å². The lowest BCUT2D eigenvalue weighted by Crippen LogP contribution is -2.69. The molecule has 0 amide bonds. The second kappa shape index (κ2) is 30.5. The van der Waals surface area contributed by atoms with Gasteiger partial charge in [-0.05, 0) is 149 Å². The highest BCUT2D eigenvalue weighted by molar-refractivity contribution is 7.16. The van der Waals surface area contributed by atoms with Crippen LogP contribution >= 0.6 is 0 Å². The van der Waals surface area contributed by atoms with Gasteiger partial charge in [0.1, 0.15) is 0 Å². The summed E-state index contributed by atoms with van der Waals surface area (Å²) in [6.45, 7) is 19.1. The third-order valence-electron chi connectivity index (χ3n) is 14.4. The number of aryl methyl sites for hydroxylation is 6. The van der Waals surface area contributed by atoms with Crippen LogP contribution in [-0.4, -0.2) is 8.07 Å². The van der Waals surface area contributed by atoms with E-state index in [1.54, 1.807) is 59.7 Å². The SMILES string of the molecule is CCCCCCc1cc(CCCCCC)cc([Si](C2=CCC=C2C(C)C)(c2cc(CCCCCC)cc(CCCCCC)c2)c2cc(CCCCCC)cc(CCCCCC)c2)c1. The van der Waals surface area contributed by atoms with Crippen molar-refractivity contribution in [3.8, 4) is 0 Å². The van der Waals surface area contributed by atoms with E-state index in [-0.39, 0.29) is 0 Å². The first-order valence-electron chi connectivity index (χ1n) is 27.6. The summed E-state index contributed by atoms with van der Waals surface area (Å²) in [7, 11) is -2.84. The first-order chi connectivity index (χ1) is 30.8. The molecule has 350 valence electrons. The zero-order valence-electron chi connectivity index (χ0n) is 42.8. The van der Waals surface area contributed by atoms with Gasteiger partial charge in [-0.1, -0.05) is 238 Å². The predicted octanol–water partition coefficient (Wildman–Crippen LogP) is 17.3. The van der Waals surface area contributed by atoms with Gasteiger partial charge in [-0.2, -0.15) is 0 Å². The number of hydrogen-bond donors (Lipinski definition) is 0. The van der Waals surface area contributed by atoms with Gasteiger partial charge >= 0.3 is 0 Å².